The van der Waals surface area contributed by atoms with Gasteiger partial charge in [-0.15, -0.1) is 6.58 Å². The molecule has 0 radical (unpaired) electrons. The lowest BCUT2D eigenvalue weighted by atomic mass is 9.66. The fourth-order valence-corrected chi connectivity index (χ4v) is 6.16. The van der Waals surface area contributed by atoms with E-state index in [2.05, 4.69) is 13.2 Å². The Hall–Kier alpha value is -2.97. The highest BCUT2D eigenvalue weighted by Crippen LogP contribution is 2.63. The molecule has 0 aromatic heterocycles. The highest BCUT2D eigenvalue weighted by atomic mass is 16.6. The first-order valence-corrected chi connectivity index (χ1v) is 12.1. The van der Waals surface area contributed by atoms with Gasteiger partial charge < -0.3 is 24.4 Å². The Labute approximate surface area is 206 Å². The molecule has 3 heterocycles. The molecule has 4 rings (SSSR count). The van der Waals surface area contributed by atoms with E-state index in [-0.39, 0.29) is 31.6 Å². The van der Waals surface area contributed by atoms with E-state index in [9.17, 15) is 19.5 Å². The van der Waals surface area contributed by atoms with Crippen molar-refractivity contribution in [1.82, 2.24) is 9.80 Å². The smallest absolute Gasteiger partial charge is 0.313 e. The molecular weight excluding hydrogens is 448 g/mol. The van der Waals surface area contributed by atoms with Crippen LogP contribution in [0.25, 0.3) is 0 Å². The molecule has 3 aliphatic heterocycles. The summed E-state index contributed by atoms with van der Waals surface area (Å²) in [6, 6.07) is 7.99. The summed E-state index contributed by atoms with van der Waals surface area (Å²) in [4.78, 5) is 44.3. The number of fused-ring (bicyclic) bond motifs is 1. The summed E-state index contributed by atoms with van der Waals surface area (Å²) in [5, 5.41) is 9.98. The van der Waals surface area contributed by atoms with Crippen molar-refractivity contribution in [2.24, 2.45) is 11.8 Å². The average Bonchev–Trinajstić information content (AvgIpc) is 3.42. The Bertz CT molecular complexity index is 1010. The SMILES string of the molecule is C=CCOC(=O)[C@@H]1[C@H]2C(=O)N([C@H](C)CO)C(C(=O)N(CC=C)Cc3ccccc3)C23CC[C@@]1(C)O3. The van der Waals surface area contributed by atoms with Crippen LogP contribution in [-0.2, 0) is 30.4 Å². The fourth-order valence-electron chi connectivity index (χ4n) is 6.16. The summed E-state index contributed by atoms with van der Waals surface area (Å²) in [7, 11) is 0. The van der Waals surface area contributed by atoms with E-state index in [1.54, 1.807) is 17.9 Å². The molecule has 1 aromatic rings. The molecule has 188 valence electrons. The van der Waals surface area contributed by atoms with Crippen molar-refractivity contribution in [2.75, 3.05) is 19.8 Å². The van der Waals surface area contributed by atoms with Crippen molar-refractivity contribution >= 4 is 17.8 Å². The van der Waals surface area contributed by atoms with Gasteiger partial charge in [0, 0.05) is 13.1 Å². The second-order valence-electron chi connectivity index (χ2n) is 9.92. The third kappa shape index (κ3) is 3.98. The number of carbonyl (C=O) groups excluding carboxylic acids is 3. The van der Waals surface area contributed by atoms with Crippen LogP contribution in [-0.4, -0.2) is 75.7 Å². The second-order valence-corrected chi connectivity index (χ2v) is 9.92. The average molecular weight is 483 g/mol. The number of amides is 2. The maximum Gasteiger partial charge on any atom is 0.313 e. The Morgan fingerprint density at radius 1 is 1.29 bits per heavy atom. The summed E-state index contributed by atoms with van der Waals surface area (Å²) in [6.07, 6.45) is 4.11. The second kappa shape index (κ2) is 9.59. The molecular formula is C27H34N2O6. The van der Waals surface area contributed by atoms with E-state index in [1.165, 1.54) is 11.0 Å². The third-order valence-corrected chi connectivity index (χ3v) is 7.66. The number of ether oxygens (including phenoxy) is 2. The quantitative estimate of drug-likeness (QED) is 0.405. The number of aliphatic hydroxyl groups excluding tert-OH is 1. The molecule has 0 saturated carbocycles. The van der Waals surface area contributed by atoms with Crippen LogP contribution in [0.4, 0.5) is 0 Å². The van der Waals surface area contributed by atoms with E-state index in [1.807, 2.05) is 37.3 Å². The van der Waals surface area contributed by atoms with E-state index in [4.69, 9.17) is 9.47 Å². The minimum atomic E-state index is -1.17. The Morgan fingerprint density at radius 3 is 2.63 bits per heavy atom. The van der Waals surface area contributed by atoms with E-state index in [0.717, 1.165) is 5.56 Å². The lowest BCUT2D eigenvalue weighted by Gasteiger charge is -2.38. The van der Waals surface area contributed by atoms with E-state index in [0.29, 0.717) is 19.4 Å². The summed E-state index contributed by atoms with van der Waals surface area (Å²) >= 11 is 0. The first kappa shape index (κ1) is 25.1. The van der Waals surface area contributed by atoms with Gasteiger partial charge in [-0.3, -0.25) is 14.4 Å². The van der Waals surface area contributed by atoms with Crippen molar-refractivity contribution in [3.63, 3.8) is 0 Å². The molecule has 2 amide bonds. The summed E-state index contributed by atoms with van der Waals surface area (Å²) in [5.74, 6) is -2.86. The highest BCUT2D eigenvalue weighted by Gasteiger charge is 2.78. The van der Waals surface area contributed by atoms with Crippen molar-refractivity contribution in [1.29, 1.82) is 0 Å². The topological polar surface area (TPSA) is 96.4 Å². The van der Waals surface area contributed by atoms with Crippen molar-refractivity contribution < 1.29 is 29.0 Å². The van der Waals surface area contributed by atoms with Crippen LogP contribution in [0.2, 0.25) is 0 Å². The molecule has 3 fully saturated rings. The van der Waals surface area contributed by atoms with E-state index >= 15 is 0 Å². The van der Waals surface area contributed by atoms with Gasteiger partial charge in [-0.05, 0) is 32.3 Å². The van der Waals surface area contributed by atoms with Crippen molar-refractivity contribution in [3.8, 4) is 0 Å². The molecule has 3 aliphatic rings. The number of carbonyl (C=O) groups is 3. The Kier molecular flexibility index (Phi) is 6.88. The van der Waals surface area contributed by atoms with Crippen molar-refractivity contribution in [2.45, 2.75) is 56.5 Å². The number of likely N-dealkylation sites (tertiary alicyclic amines) is 1. The monoisotopic (exact) mass is 482 g/mol. The molecule has 8 nitrogen and oxygen atoms in total. The summed E-state index contributed by atoms with van der Waals surface area (Å²) in [6.45, 7) is 11.2. The van der Waals surface area contributed by atoms with Gasteiger partial charge >= 0.3 is 5.97 Å². The first-order chi connectivity index (χ1) is 16.7. The molecule has 3 saturated heterocycles. The molecule has 1 spiro atoms. The number of aliphatic hydroxyl groups is 1. The lowest BCUT2D eigenvalue weighted by Crippen LogP contribution is -2.58. The molecule has 35 heavy (non-hydrogen) atoms. The maximum absolute atomic E-state index is 14.2. The largest absolute Gasteiger partial charge is 0.461 e. The minimum Gasteiger partial charge on any atom is -0.461 e. The van der Waals surface area contributed by atoms with Gasteiger partial charge in [0.25, 0.3) is 0 Å². The molecule has 8 heteroatoms. The number of hydrogen-bond acceptors (Lipinski definition) is 6. The van der Waals surface area contributed by atoms with Gasteiger partial charge in [0.2, 0.25) is 11.8 Å². The van der Waals surface area contributed by atoms with Crippen LogP contribution in [0.1, 0.15) is 32.3 Å². The summed E-state index contributed by atoms with van der Waals surface area (Å²) < 4.78 is 11.9. The van der Waals surface area contributed by atoms with Crippen LogP contribution in [0.3, 0.4) is 0 Å². The minimum absolute atomic E-state index is 0.0304. The summed E-state index contributed by atoms with van der Waals surface area (Å²) in [5.41, 5.74) is -1.13. The van der Waals surface area contributed by atoms with Crippen LogP contribution in [0.5, 0.6) is 0 Å². The van der Waals surface area contributed by atoms with Gasteiger partial charge in [-0.1, -0.05) is 49.1 Å². The highest BCUT2D eigenvalue weighted by molar-refractivity contribution is 5.98. The first-order valence-electron chi connectivity index (χ1n) is 12.1. The third-order valence-electron chi connectivity index (χ3n) is 7.66. The number of esters is 1. The molecule has 0 aliphatic carbocycles. The zero-order chi connectivity index (χ0) is 25.4. The standard InChI is InChI=1S/C27H34N2O6/c1-5-14-28(16-19-10-8-7-9-11-19)24(32)22-27-13-12-26(4,35-27)21(25(33)34-15-6-2)20(27)23(31)29(22)18(3)17-30/h5-11,18,20-22,30H,1-2,12-17H2,3-4H3/t18-,20+,21+,22?,26-,27?/m1/s1. The molecule has 2 unspecified atom stereocenters. The number of benzene rings is 1. The van der Waals surface area contributed by atoms with Crippen LogP contribution < -0.4 is 0 Å². The van der Waals surface area contributed by atoms with Crippen LogP contribution in [0, 0.1) is 11.8 Å². The zero-order valence-electron chi connectivity index (χ0n) is 20.4. The number of nitrogens with zero attached hydrogens (tertiary/aromatic N) is 2. The zero-order valence-corrected chi connectivity index (χ0v) is 20.4. The van der Waals surface area contributed by atoms with Gasteiger partial charge in [0.05, 0.1) is 24.2 Å². The van der Waals surface area contributed by atoms with Gasteiger partial charge in [-0.25, -0.2) is 0 Å². The van der Waals surface area contributed by atoms with E-state index < -0.39 is 41.1 Å². The molecule has 1 aromatic carbocycles. The Morgan fingerprint density at radius 2 is 2.00 bits per heavy atom. The van der Waals surface area contributed by atoms with Crippen LogP contribution in [0.15, 0.2) is 55.6 Å². The predicted molar refractivity (Wildman–Crippen MR) is 129 cm³/mol. The van der Waals surface area contributed by atoms with Crippen molar-refractivity contribution in [3.05, 3.63) is 61.2 Å². The molecule has 1 N–H and O–H groups in total. The van der Waals surface area contributed by atoms with Crippen LogP contribution >= 0.6 is 0 Å². The number of hydrogen-bond donors (Lipinski definition) is 1. The molecule has 2 bridgehead atoms. The lowest BCUT2D eigenvalue weighted by molar-refractivity contribution is -0.161. The van der Waals surface area contributed by atoms with Gasteiger partial charge in [0.1, 0.15) is 24.2 Å². The number of rotatable bonds is 10. The van der Waals surface area contributed by atoms with Gasteiger partial charge in [0.15, 0.2) is 0 Å². The molecule has 6 atom stereocenters. The fraction of sp³-hybridized carbons (Fsp3) is 0.519. The maximum atomic E-state index is 14.2. The normalized spacial score (nSPS) is 31.7. The Balaban J connectivity index is 1.75. The van der Waals surface area contributed by atoms with Gasteiger partial charge in [-0.2, -0.15) is 0 Å². The predicted octanol–water partition coefficient (Wildman–Crippen LogP) is 2.08.